The summed E-state index contributed by atoms with van der Waals surface area (Å²) in [7, 11) is -2.01. The Hall–Kier alpha value is -1.25. The number of aryl methyl sites for hydroxylation is 1. The van der Waals surface area contributed by atoms with E-state index in [1.165, 1.54) is 7.11 Å². The minimum absolute atomic E-state index is 0.112. The number of methoxy groups -OCH3 is 1. The van der Waals surface area contributed by atoms with Gasteiger partial charge in [-0.2, -0.15) is 0 Å². The van der Waals surface area contributed by atoms with Gasteiger partial charge in [-0.25, -0.2) is 8.42 Å². The minimum Gasteiger partial charge on any atom is -0.394 e. The Kier molecular flexibility index (Phi) is 7.37. The molecule has 6 nitrogen and oxygen atoms in total. The summed E-state index contributed by atoms with van der Waals surface area (Å²) in [5.74, 6) is -0.501. The Balaban J connectivity index is 2.24. The first kappa shape index (κ1) is 21.1. The molecule has 7 heteroatoms. The van der Waals surface area contributed by atoms with Crippen molar-refractivity contribution in [3.05, 3.63) is 42.5 Å². The maximum atomic E-state index is 12.9. The third-order valence-corrected chi connectivity index (χ3v) is 6.61. The van der Waals surface area contributed by atoms with E-state index in [4.69, 9.17) is 14.6 Å². The number of hydrogen-bond acceptors (Lipinski definition) is 6. The van der Waals surface area contributed by atoms with E-state index in [1.807, 2.05) is 6.92 Å². The van der Waals surface area contributed by atoms with Crippen LogP contribution in [0.2, 0.25) is 0 Å². The fraction of sp³-hybridized carbons (Fsp3) is 0.579. The second-order valence-electron chi connectivity index (χ2n) is 6.77. The zero-order chi connectivity index (χ0) is 19.3. The van der Waals surface area contributed by atoms with Crippen LogP contribution < -0.4 is 0 Å². The molecule has 1 aliphatic rings. The smallest absolute Gasteiger partial charge is 0.178 e. The first-order valence-corrected chi connectivity index (χ1v) is 10.3. The maximum Gasteiger partial charge on any atom is 0.178 e. The Bertz CT molecular complexity index is 684. The van der Waals surface area contributed by atoms with E-state index in [1.54, 1.807) is 30.3 Å². The van der Waals surface area contributed by atoms with Gasteiger partial charge >= 0.3 is 0 Å². The summed E-state index contributed by atoms with van der Waals surface area (Å²) >= 11 is 0. The predicted molar refractivity (Wildman–Crippen MR) is 98.7 cm³/mol. The average Bonchev–Trinajstić information content (AvgIpc) is 2.91. The van der Waals surface area contributed by atoms with Crippen LogP contribution in [0.4, 0.5) is 0 Å². The molecule has 1 saturated heterocycles. The lowest BCUT2D eigenvalue weighted by molar-refractivity contribution is -0.0394. The van der Waals surface area contributed by atoms with Gasteiger partial charge in [0, 0.05) is 19.4 Å². The van der Waals surface area contributed by atoms with Crippen LogP contribution >= 0.6 is 0 Å². The fourth-order valence-electron chi connectivity index (χ4n) is 3.44. The van der Waals surface area contributed by atoms with Gasteiger partial charge in [-0.15, -0.1) is 6.58 Å². The number of sulfone groups is 1. The zero-order valence-electron chi connectivity index (χ0n) is 15.2. The van der Waals surface area contributed by atoms with Gasteiger partial charge < -0.3 is 19.7 Å². The van der Waals surface area contributed by atoms with Crippen LogP contribution in [-0.4, -0.2) is 62.5 Å². The van der Waals surface area contributed by atoms with Crippen molar-refractivity contribution in [2.24, 2.45) is 5.92 Å². The molecule has 146 valence electrons. The number of benzene rings is 1. The molecule has 2 N–H and O–H groups in total. The van der Waals surface area contributed by atoms with Crippen molar-refractivity contribution in [2.45, 2.75) is 49.1 Å². The standard InChI is InChI=1S/C19H28O6S/c1-4-5-17-16(19(24-3)18(25-17)10-14(21)11-20)12-26(22,23)15-8-6-13(2)7-9-15/h4,6-9,14,16-21H,1,5,10-12H2,2-3H3/t14-,16-,17-,18-,19+/m0/s1. The minimum atomic E-state index is -3.52. The number of rotatable bonds is 9. The molecule has 1 aromatic rings. The van der Waals surface area contributed by atoms with Crippen LogP contribution in [0.25, 0.3) is 0 Å². The lowest BCUT2D eigenvalue weighted by Crippen LogP contribution is -2.36. The van der Waals surface area contributed by atoms with Gasteiger partial charge in [-0.05, 0) is 25.5 Å². The van der Waals surface area contributed by atoms with Crippen molar-refractivity contribution >= 4 is 9.84 Å². The topological polar surface area (TPSA) is 93.1 Å². The van der Waals surface area contributed by atoms with Gasteiger partial charge in [-0.3, -0.25) is 0 Å². The molecule has 1 aromatic carbocycles. The highest BCUT2D eigenvalue weighted by molar-refractivity contribution is 7.91. The molecule has 0 unspecified atom stereocenters. The largest absolute Gasteiger partial charge is 0.394 e. The summed E-state index contributed by atoms with van der Waals surface area (Å²) in [4.78, 5) is 0.272. The Labute approximate surface area is 155 Å². The zero-order valence-corrected chi connectivity index (χ0v) is 16.1. The molecule has 1 aliphatic heterocycles. The van der Waals surface area contributed by atoms with Crippen LogP contribution in [0.15, 0.2) is 41.8 Å². The molecule has 0 amide bonds. The summed E-state index contributed by atoms with van der Waals surface area (Å²) in [6.45, 7) is 5.24. The van der Waals surface area contributed by atoms with Crippen LogP contribution in [0.1, 0.15) is 18.4 Å². The van der Waals surface area contributed by atoms with Crippen LogP contribution in [0.3, 0.4) is 0 Å². The number of hydrogen-bond donors (Lipinski definition) is 2. The monoisotopic (exact) mass is 384 g/mol. The number of aliphatic hydroxyl groups excluding tert-OH is 2. The summed E-state index contributed by atoms with van der Waals surface area (Å²) in [5.41, 5.74) is 0.991. The third kappa shape index (κ3) is 4.92. The lowest BCUT2D eigenvalue weighted by atomic mass is 9.94. The molecule has 5 atom stereocenters. The molecule has 0 saturated carbocycles. The highest BCUT2D eigenvalue weighted by Crippen LogP contribution is 2.35. The van der Waals surface area contributed by atoms with Crippen LogP contribution in [0, 0.1) is 12.8 Å². The molecule has 1 fully saturated rings. The Morgan fingerprint density at radius 1 is 1.31 bits per heavy atom. The molecule has 0 aliphatic carbocycles. The molecule has 26 heavy (non-hydrogen) atoms. The summed E-state index contributed by atoms with van der Waals surface area (Å²) in [6, 6.07) is 6.76. The van der Waals surface area contributed by atoms with Crippen molar-refractivity contribution in [1.29, 1.82) is 0 Å². The van der Waals surface area contributed by atoms with Gasteiger partial charge in [0.05, 0.1) is 41.7 Å². The van der Waals surface area contributed by atoms with Crippen molar-refractivity contribution in [3.63, 3.8) is 0 Å². The van der Waals surface area contributed by atoms with E-state index < -0.39 is 28.1 Å². The average molecular weight is 384 g/mol. The second kappa shape index (κ2) is 9.10. The molecule has 0 bridgehead atoms. The molecule has 0 spiro atoms. The predicted octanol–water partition coefficient (Wildman–Crippen LogP) is 1.49. The van der Waals surface area contributed by atoms with E-state index in [2.05, 4.69) is 6.58 Å². The quantitative estimate of drug-likeness (QED) is 0.627. The summed E-state index contributed by atoms with van der Waals surface area (Å²) in [5, 5.41) is 18.8. The van der Waals surface area contributed by atoms with Gasteiger partial charge in [0.25, 0.3) is 0 Å². The molecule has 2 rings (SSSR count). The Morgan fingerprint density at radius 2 is 1.96 bits per heavy atom. The SMILES string of the molecule is C=CC[C@@H]1O[C@@H](C[C@H](O)CO)[C@H](OC)[C@H]1CS(=O)(=O)c1ccc(C)cc1. The van der Waals surface area contributed by atoms with Crippen molar-refractivity contribution < 1.29 is 28.1 Å². The first-order chi connectivity index (χ1) is 12.3. The van der Waals surface area contributed by atoms with Crippen LogP contribution in [0.5, 0.6) is 0 Å². The molecular weight excluding hydrogens is 356 g/mol. The third-order valence-electron chi connectivity index (χ3n) is 4.79. The summed E-state index contributed by atoms with van der Waals surface area (Å²) in [6.07, 6.45) is 0.0895. The fourth-order valence-corrected chi connectivity index (χ4v) is 5.10. The lowest BCUT2D eigenvalue weighted by Gasteiger charge is -2.23. The van der Waals surface area contributed by atoms with Gasteiger partial charge in [0.15, 0.2) is 9.84 Å². The van der Waals surface area contributed by atoms with E-state index in [-0.39, 0.29) is 35.7 Å². The van der Waals surface area contributed by atoms with Gasteiger partial charge in [0.1, 0.15) is 0 Å². The molecule has 0 radical (unpaired) electrons. The maximum absolute atomic E-state index is 12.9. The molecular formula is C19H28O6S. The van der Waals surface area contributed by atoms with Crippen LogP contribution in [-0.2, 0) is 19.3 Å². The normalized spacial score (nSPS) is 27.4. The van der Waals surface area contributed by atoms with E-state index in [9.17, 15) is 13.5 Å². The Morgan fingerprint density at radius 3 is 2.50 bits per heavy atom. The number of aliphatic hydroxyl groups is 2. The second-order valence-corrected chi connectivity index (χ2v) is 8.80. The van der Waals surface area contributed by atoms with Gasteiger partial charge in [0.2, 0.25) is 0 Å². The number of ether oxygens (including phenoxy) is 2. The molecule has 0 aromatic heterocycles. The van der Waals surface area contributed by atoms with Gasteiger partial charge in [-0.1, -0.05) is 23.8 Å². The highest BCUT2D eigenvalue weighted by atomic mass is 32.2. The van der Waals surface area contributed by atoms with E-state index in [0.29, 0.717) is 6.42 Å². The van der Waals surface area contributed by atoms with E-state index >= 15 is 0 Å². The van der Waals surface area contributed by atoms with E-state index in [0.717, 1.165) is 5.56 Å². The molecule has 1 heterocycles. The summed E-state index contributed by atoms with van der Waals surface area (Å²) < 4.78 is 37.2. The van der Waals surface area contributed by atoms with Crippen molar-refractivity contribution in [3.8, 4) is 0 Å². The first-order valence-electron chi connectivity index (χ1n) is 8.70. The van der Waals surface area contributed by atoms with Crippen molar-refractivity contribution in [2.75, 3.05) is 19.5 Å². The van der Waals surface area contributed by atoms with Crippen molar-refractivity contribution in [1.82, 2.24) is 0 Å². The highest BCUT2D eigenvalue weighted by Gasteiger charge is 2.46.